The minimum absolute atomic E-state index is 0.107. The zero-order chi connectivity index (χ0) is 19.0. The van der Waals surface area contributed by atoms with Gasteiger partial charge in [-0.15, -0.1) is 0 Å². The minimum Gasteiger partial charge on any atom is -0.308 e. The van der Waals surface area contributed by atoms with Crippen LogP contribution in [0.5, 0.6) is 0 Å². The Morgan fingerprint density at radius 3 is 2.78 bits per heavy atom. The Labute approximate surface area is 160 Å². The fourth-order valence-corrected chi connectivity index (χ4v) is 4.08. The summed E-state index contributed by atoms with van der Waals surface area (Å²) in [5.74, 6) is 1.32. The second-order valence-corrected chi connectivity index (χ2v) is 8.25. The Morgan fingerprint density at radius 1 is 1.26 bits per heavy atom. The Balaban J connectivity index is 1.78. The average Bonchev–Trinajstić information content (AvgIpc) is 2.97. The highest BCUT2D eigenvalue weighted by Crippen LogP contribution is 2.30. The minimum atomic E-state index is 0.107. The third kappa shape index (κ3) is 3.55. The van der Waals surface area contributed by atoms with E-state index in [-0.39, 0.29) is 11.8 Å². The smallest absolute Gasteiger partial charge is 0.228 e. The molecule has 0 saturated heterocycles. The molecule has 0 bridgehead atoms. The maximum atomic E-state index is 12.8. The molecular weight excluding hydrogens is 336 g/mol. The number of benzene rings is 1. The van der Waals surface area contributed by atoms with Crippen LogP contribution in [0.15, 0.2) is 24.3 Å². The second kappa shape index (κ2) is 7.29. The number of carbonyl (C=O) groups excluding carboxylic acids is 1. The van der Waals surface area contributed by atoms with Crippen LogP contribution in [0.3, 0.4) is 0 Å². The number of hydrogen-bond acceptors (Lipinski definition) is 3. The lowest BCUT2D eigenvalue weighted by Gasteiger charge is -2.20. The topological polar surface area (TPSA) is 59.8 Å². The van der Waals surface area contributed by atoms with E-state index >= 15 is 0 Å². The molecular formula is C22H28N4O. The number of hydrogen-bond donors (Lipinski definition) is 1. The number of aromatic nitrogens is 3. The molecule has 5 nitrogen and oxygen atoms in total. The first kappa shape index (κ1) is 18.0. The highest BCUT2D eigenvalue weighted by atomic mass is 16.2. The van der Waals surface area contributed by atoms with Crippen LogP contribution in [0.2, 0.25) is 0 Å². The van der Waals surface area contributed by atoms with Crippen LogP contribution in [-0.4, -0.2) is 20.7 Å². The lowest BCUT2D eigenvalue weighted by molar-refractivity contribution is -0.120. The standard InChI is InChI=1S/C22H28N4O/c1-14(2)13-26-21-18(12-17-11-7-8-15(3)19(17)23-21)20(25-26)24-22(27)16-9-5-4-6-10-16/h7-8,11-12,14,16H,4-6,9-10,13H2,1-3H3,(H,24,25,27). The molecule has 1 aromatic carbocycles. The molecule has 1 N–H and O–H groups in total. The molecule has 0 spiro atoms. The number of aryl methyl sites for hydroxylation is 1. The summed E-state index contributed by atoms with van der Waals surface area (Å²) in [7, 11) is 0. The fraction of sp³-hybridized carbons (Fsp3) is 0.500. The van der Waals surface area contributed by atoms with Gasteiger partial charge in [-0.2, -0.15) is 5.10 Å². The molecule has 1 fully saturated rings. The van der Waals surface area contributed by atoms with Gasteiger partial charge in [0.1, 0.15) is 0 Å². The summed E-state index contributed by atoms with van der Waals surface area (Å²) >= 11 is 0. The van der Waals surface area contributed by atoms with Crippen molar-refractivity contribution in [2.24, 2.45) is 11.8 Å². The predicted molar refractivity (Wildman–Crippen MR) is 110 cm³/mol. The maximum Gasteiger partial charge on any atom is 0.228 e. The lowest BCUT2D eigenvalue weighted by atomic mass is 9.89. The van der Waals surface area contributed by atoms with Crippen molar-refractivity contribution < 1.29 is 4.79 Å². The number of amides is 1. The van der Waals surface area contributed by atoms with Gasteiger partial charge in [0.15, 0.2) is 11.5 Å². The van der Waals surface area contributed by atoms with Gasteiger partial charge in [0, 0.05) is 17.8 Å². The molecule has 27 heavy (non-hydrogen) atoms. The SMILES string of the molecule is Cc1cccc2cc3c(NC(=O)C4CCCCC4)nn(CC(C)C)c3nc12. The van der Waals surface area contributed by atoms with Gasteiger partial charge in [-0.05, 0) is 37.3 Å². The van der Waals surface area contributed by atoms with E-state index in [0.717, 1.165) is 59.7 Å². The van der Waals surface area contributed by atoms with Gasteiger partial charge in [-0.1, -0.05) is 51.3 Å². The number of fused-ring (bicyclic) bond motifs is 2. The highest BCUT2D eigenvalue weighted by Gasteiger charge is 2.23. The molecule has 1 aliphatic carbocycles. The average molecular weight is 364 g/mol. The van der Waals surface area contributed by atoms with Crippen molar-refractivity contribution in [3.63, 3.8) is 0 Å². The van der Waals surface area contributed by atoms with Crippen molar-refractivity contribution in [3.05, 3.63) is 29.8 Å². The Morgan fingerprint density at radius 2 is 2.04 bits per heavy atom. The number of carbonyl (C=O) groups is 1. The summed E-state index contributed by atoms with van der Waals surface area (Å²) in [5, 5.41) is 9.87. The van der Waals surface area contributed by atoms with Gasteiger partial charge in [0.05, 0.1) is 10.9 Å². The molecule has 0 unspecified atom stereocenters. The number of nitrogens with zero attached hydrogens (tertiary/aromatic N) is 3. The molecule has 0 aliphatic heterocycles. The van der Waals surface area contributed by atoms with E-state index in [0.29, 0.717) is 11.7 Å². The van der Waals surface area contributed by atoms with Crippen molar-refractivity contribution >= 4 is 33.7 Å². The van der Waals surface area contributed by atoms with Crippen LogP contribution < -0.4 is 5.32 Å². The first-order valence-electron chi connectivity index (χ1n) is 10.1. The monoisotopic (exact) mass is 364 g/mol. The molecule has 1 saturated carbocycles. The normalized spacial score (nSPS) is 15.7. The van der Waals surface area contributed by atoms with Crippen molar-refractivity contribution in [3.8, 4) is 0 Å². The van der Waals surface area contributed by atoms with Crippen LogP contribution in [0.1, 0.15) is 51.5 Å². The molecule has 1 aliphatic rings. The third-order valence-electron chi connectivity index (χ3n) is 5.50. The van der Waals surface area contributed by atoms with E-state index in [1.54, 1.807) is 0 Å². The number of anilines is 1. The van der Waals surface area contributed by atoms with Crippen molar-refractivity contribution in [1.82, 2.24) is 14.8 Å². The van der Waals surface area contributed by atoms with E-state index in [2.05, 4.69) is 44.3 Å². The summed E-state index contributed by atoms with van der Waals surface area (Å²) < 4.78 is 1.95. The first-order chi connectivity index (χ1) is 13.0. The van der Waals surface area contributed by atoms with Gasteiger partial charge < -0.3 is 5.32 Å². The lowest BCUT2D eigenvalue weighted by Crippen LogP contribution is -2.25. The van der Waals surface area contributed by atoms with Gasteiger partial charge in [0.25, 0.3) is 0 Å². The Kier molecular flexibility index (Phi) is 4.85. The molecule has 2 heterocycles. The van der Waals surface area contributed by atoms with E-state index in [1.165, 1.54) is 6.42 Å². The van der Waals surface area contributed by atoms with E-state index in [9.17, 15) is 4.79 Å². The first-order valence-corrected chi connectivity index (χ1v) is 10.1. The van der Waals surface area contributed by atoms with Gasteiger partial charge in [-0.25, -0.2) is 9.67 Å². The molecule has 0 atom stereocenters. The Bertz CT molecular complexity index is 983. The number of pyridine rings is 1. The zero-order valence-corrected chi connectivity index (χ0v) is 16.5. The third-order valence-corrected chi connectivity index (χ3v) is 5.50. The van der Waals surface area contributed by atoms with E-state index in [1.807, 2.05) is 10.7 Å². The highest BCUT2D eigenvalue weighted by molar-refractivity contribution is 6.03. The summed E-state index contributed by atoms with van der Waals surface area (Å²) in [6.45, 7) is 7.19. The number of rotatable bonds is 4. The molecule has 1 amide bonds. The fourth-order valence-electron chi connectivity index (χ4n) is 4.08. The molecule has 5 heteroatoms. The summed E-state index contributed by atoms with van der Waals surface area (Å²) in [6.07, 6.45) is 5.50. The van der Waals surface area contributed by atoms with Crippen molar-refractivity contribution in [2.45, 2.75) is 59.4 Å². The number of para-hydroxylation sites is 1. The van der Waals surface area contributed by atoms with Crippen LogP contribution in [0.4, 0.5) is 5.82 Å². The van der Waals surface area contributed by atoms with Crippen LogP contribution >= 0.6 is 0 Å². The summed E-state index contributed by atoms with van der Waals surface area (Å²) in [5.41, 5.74) is 3.00. The largest absolute Gasteiger partial charge is 0.308 e. The van der Waals surface area contributed by atoms with Gasteiger partial charge in [0.2, 0.25) is 5.91 Å². The van der Waals surface area contributed by atoms with Crippen molar-refractivity contribution in [1.29, 1.82) is 0 Å². The van der Waals surface area contributed by atoms with Gasteiger partial charge >= 0.3 is 0 Å². The molecule has 142 valence electrons. The molecule has 4 rings (SSSR count). The molecule has 3 aromatic rings. The van der Waals surface area contributed by atoms with E-state index in [4.69, 9.17) is 10.1 Å². The molecule has 0 radical (unpaired) electrons. The van der Waals surface area contributed by atoms with E-state index < -0.39 is 0 Å². The predicted octanol–water partition coefficient (Wildman–Crippen LogP) is 5.07. The Hall–Kier alpha value is -2.43. The van der Waals surface area contributed by atoms with Gasteiger partial charge in [-0.3, -0.25) is 4.79 Å². The maximum absolute atomic E-state index is 12.8. The number of nitrogens with one attached hydrogen (secondary N) is 1. The van der Waals surface area contributed by atoms with Crippen LogP contribution in [0.25, 0.3) is 21.9 Å². The summed E-state index contributed by atoms with van der Waals surface area (Å²) in [6, 6.07) is 8.31. The molecule has 2 aromatic heterocycles. The zero-order valence-electron chi connectivity index (χ0n) is 16.5. The summed E-state index contributed by atoms with van der Waals surface area (Å²) in [4.78, 5) is 17.7. The second-order valence-electron chi connectivity index (χ2n) is 8.25. The quantitative estimate of drug-likeness (QED) is 0.703. The van der Waals surface area contributed by atoms with Crippen molar-refractivity contribution in [2.75, 3.05) is 5.32 Å². The van der Waals surface area contributed by atoms with Crippen LogP contribution in [0, 0.1) is 18.8 Å². The van der Waals surface area contributed by atoms with Crippen LogP contribution in [-0.2, 0) is 11.3 Å².